The van der Waals surface area contributed by atoms with Gasteiger partial charge in [-0.15, -0.1) is 0 Å². The molecule has 0 radical (unpaired) electrons. The minimum Gasteiger partial charge on any atom is -0.377 e. The zero-order valence-corrected chi connectivity index (χ0v) is 41.1. The lowest BCUT2D eigenvalue weighted by Gasteiger charge is -2.35. The van der Waals surface area contributed by atoms with Gasteiger partial charge in [-0.05, 0) is 98.8 Å². The summed E-state index contributed by atoms with van der Waals surface area (Å²) in [5.74, 6) is 2.75. The predicted molar refractivity (Wildman–Crippen MR) is 269 cm³/mol. The van der Waals surface area contributed by atoms with E-state index in [0.29, 0.717) is 59.8 Å². The Labute approximate surface area is 422 Å². The summed E-state index contributed by atoms with van der Waals surface area (Å²) in [6.07, 6.45) is 0.358. The van der Waals surface area contributed by atoms with Crippen LogP contribution in [0.1, 0.15) is 76.4 Å². The number of fused-ring (bicyclic) bond motifs is 1. The van der Waals surface area contributed by atoms with Gasteiger partial charge in [0.15, 0.2) is 0 Å². The number of anilines is 3. The molecule has 4 aromatic carbocycles. The van der Waals surface area contributed by atoms with Crippen LogP contribution in [0, 0.1) is 17.7 Å². The SMILES string of the molecule is CCn1c(-c2ccc(-n3cnn(C)c3=O)cc2C#CCCOC2CCN(CCc3cccc(N(C)C4CCC(=O)NC4=O)c3N(C)C=O)CC2)cc2cc(C(F)(F)F)cc(C(=O)Nc3ccc(F)c(C(N)=O)c3)c21. The van der Waals surface area contributed by atoms with Crippen LogP contribution in [-0.4, -0.2) is 106 Å². The quantitative estimate of drug-likeness (QED) is 0.0339. The number of halogens is 4. The molecule has 74 heavy (non-hydrogen) atoms. The molecular weight excluding hydrogens is 965 g/mol. The first-order valence-electron chi connectivity index (χ1n) is 24.0. The first-order chi connectivity index (χ1) is 35.4. The maximum Gasteiger partial charge on any atom is 0.416 e. The number of hydrogen-bond donors (Lipinski definition) is 3. The predicted octanol–water partition coefficient (Wildman–Crippen LogP) is 6.02. The van der Waals surface area contributed by atoms with Gasteiger partial charge in [0.1, 0.15) is 18.2 Å². The molecule has 0 bridgehead atoms. The van der Waals surface area contributed by atoms with Gasteiger partial charge in [0.2, 0.25) is 18.2 Å². The Bertz CT molecular complexity index is 3290. The Kier molecular flexibility index (Phi) is 15.5. The number of para-hydroxylation sites is 1. The van der Waals surface area contributed by atoms with Crippen molar-refractivity contribution in [2.75, 3.05) is 55.5 Å². The first-order valence-corrected chi connectivity index (χ1v) is 24.0. The lowest BCUT2D eigenvalue weighted by Crippen LogP contribution is -2.51. The number of nitrogens with zero attached hydrogens (tertiary/aromatic N) is 7. The third-order valence-electron chi connectivity index (χ3n) is 13.5. The van der Waals surface area contributed by atoms with Gasteiger partial charge in [0.25, 0.3) is 11.8 Å². The van der Waals surface area contributed by atoms with Crippen LogP contribution in [0.4, 0.5) is 34.6 Å². The van der Waals surface area contributed by atoms with E-state index in [9.17, 15) is 46.3 Å². The number of nitrogens with two attached hydrogens (primary N) is 1. The summed E-state index contributed by atoms with van der Waals surface area (Å²) >= 11 is 0. The average Bonchev–Trinajstić information content (AvgIpc) is 3.93. The number of alkyl halides is 3. The maximum absolute atomic E-state index is 14.4. The number of rotatable bonds is 16. The molecule has 2 aliphatic rings. The molecule has 2 saturated heterocycles. The Hall–Kier alpha value is -8.09. The van der Waals surface area contributed by atoms with Gasteiger partial charge >= 0.3 is 11.9 Å². The molecule has 6 aromatic rings. The van der Waals surface area contributed by atoms with Crippen molar-refractivity contribution in [1.82, 2.24) is 29.1 Å². The monoisotopic (exact) mass is 1020 g/mol. The number of likely N-dealkylation sites (N-methyl/N-ethyl adjacent to an activating group) is 1. The number of amides is 5. The van der Waals surface area contributed by atoms with E-state index in [1.807, 2.05) is 23.1 Å². The Morgan fingerprint density at radius 2 is 1.77 bits per heavy atom. The minimum atomic E-state index is -4.84. The van der Waals surface area contributed by atoms with E-state index < -0.39 is 46.7 Å². The number of benzene rings is 4. The molecule has 2 aliphatic heterocycles. The highest BCUT2D eigenvalue weighted by molar-refractivity contribution is 6.13. The number of likely N-dealkylation sites (tertiary alicyclic amines) is 1. The number of carbonyl (C=O) groups excluding carboxylic acids is 5. The van der Waals surface area contributed by atoms with Crippen LogP contribution in [0.25, 0.3) is 27.8 Å². The number of aryl methyl sites for hydroxylation is 2. The number of aromatic nitrogens is 4. The van der Waals surface area contributed by atoms with Gasteiger partial charge in [-0.2, -0.15) is 18.3 Å². The van der Waals surface area contributed by atoms with E-state index in [2.05, 4.69) is 32.5 Å². The van der Waals surface area contributed by atoms with E-state index >= 15 is 0 Å². The molecule has 17 nitrogen and oxygen atoms in total. The second-order valence-corrected chi connectivity index (χ2v) is 18.2. The topological polar surface area (TPSA) is 199 Å². The zero-order chi connectivity index (χ0) is 53.0. The number of piperidine rings is 2. The summed E-state index contributed by atoms with van der Waals surface area (Å²) in [5.41, 5.74) is 7.23. The van der Waals surface area contributed by atoms with E-state index in [0.717, 1.165) is 79.5 Å². The normalized spacial score (nSPS) is 15.4. The fourth-order valence-electron chi connectivity index (χ4n) is 9.62. The summed E-state index contributed by atoms with van der Waals surface area (Å²) in [5, 5.41) is 9.07. The van der Waals surface area contributed by atoms with E-state index in [1.165, 1.54) is 22.8 Å². The van der Waals surface area contributed by atoms with Gasteiger partial charge in [0, 0.05) is 82.4 Å². The molecule has 0 spiro atoms. The summed E-state index contributed by atoms with van der Waals surface area (Å²) < 4.78 is 68.1. The number of imide groups is 1. The molecule has 0 aliphatic carbocycles. The highest BCUT2D eigenvalue weighted by atomic mass is 19.4. The van der Waals surface area contributed by atoms with Crippen LogP contribution in [0.3, 0.4) is 0 Å². The molecule has 1 unspecified atom stereocenters. The van der Waals surface area contributed by atoms with Crippen molar-refractivity contribution in [3.05, 3.63) is 123 Å². The number of primary amides is 1. The number of nitrogens with one attached hydrogen (secondary N) is 2. The molecule has 386 valence electrons. The maximum atomic E-state index is 14.4. The molecule has 8 rings (SSSR count). The van der Waals surface area contributed by atoms with Crippen LogP contribution in [0.15, 0.2) is 83.9 Å². The summed E-state index contributed by atoms with van der Waals surface area (Å²) in [4.78, 5) is 81.0. The Balaban J connectivity index is 0.987. The van der Waals surface area contributed by atoms with Gasteiger partial charge in [-0.1, -0.05) is 24.0 Å². The third-order valence-corrected chi connectivity index (χ3v) is 13.5. The Morgan fingerprint density at radius 3 is 2.45 bits per heavy atom. The lowest BCUT2D eigenvalue weighted by molar-refractivity contribution is -0.137. The van der Waals surface area contributed by atoms with Crippen molar-refractivity contribution in [2.45, 2.75) is 70.3 Å². The van der Waals surface area contributed by atoms with Crippen LogP contribution < -0.4 is 31.9 Å². The fraction of sp³-hybridized carbons (Fsp3) is 0.340. The van der Waals surface area contributed by atoms with E-state index in [1.54, 1.807) is 49.9 Å². The van der Waals surface area contributed by atoms with Crippen LogP contribution in [0.2, 0.25) is 0 Å². The van der Waals surface area contributed by atoms with Gasteiger partial charge in [0.05, 0.1) is 57.7 Å². The Morgan fingerprint density at radius 1 is 1.00 bits per heavy atom. The molecule has 2 aromatic heterocycles. The summed E-state index contributed by atoms with van der Waals surface area (Å²) in [6.45, 7) is 4.56. The molecule has 5 amide bonds. The van der Waals surface area contributed by atoms with Crippen molar-refractivity contribution in [3.8, 4) is 28.8 Å². The van der Waals surface area contributed by atoms with Crippen molar-refractivity contribution in [2.24, 2.45) is 12.8 Å². The lowest BCUT2D eigenvalue weighted by atomic mass is 10.0. The number of hydrogen-bond acceptors (Lipinski definition) is 10. The van der Waals surface area contributed by atoms with Gasteiger partial charge < -0.3 is 35.1 Å². The van der Waals surface area contributed by atoms with E-state index in [-0.39, 0.29) is 53.0 Å². The highest BCUT2D eigenvalue weighted by Crippen LogP contribution is 2.39. The third kappa shape index (κ3) is 11.1. The molecule has 1 atom stereocenters. The van der Waals surface area contributed by atoms with Crippen LogP contribution in [0.5, 0.6) is 0 Å². The van der Waals surface area contributed by atoms with Gasteiger partial charge in [-0.3, -0.25) is 29.3 Å². The first kappa shape index (κ1) is 52.2. The van der Waals surface area contributed by atoms with Crippen molar-refractivity contribution >= 4 is 58.0 Å². The molecule has 21 heteroatoms. The smallest absolute Gasteiger partial charge is 0.377 e. The number of ether oxygens (including phenoxy) is 1. The molecule has 4 N–H and O–H groups in total. The van der Waals surface area contributed by atoms with Gasteiger partial charge in [-0.25, -0.2) is 18.4 Å². The average molecular weight is 1020 g/mol. The molecular formula is C53H54F4N10O7. The van der Waals surface area contributed by atoms with Crippen LogP contribution in [-0.2, 0) is 45.3 Å². The second kappa shape index (κ2) is 21.9. The standard InChI is InChI=1S/C53H54F4N10O7/c1-5-66-45(27-34-25-35(53(55,56)57)28-41(47(34)66)50(71)60-36-12-15-42(54)40(29-36)49(58)70)39-14-13-37(67-30-59-64(4)52(67)73)26-33(39)9-6-7-24-74-38-19-22-65(23-20-38)21-18-32-10-8-11-43(48(32)62(2)31-68)63(3)44-16-17-46(69)61-51(44)72/h8,10-15,25-31,38,44H,5,7,16-24H2,1-4H3,(H2,58,70)(H,60,71)(H,61,69,72). The second-order valence-electron chi connectivity index (χ2n) is 18.2. The molecule has 0 saturated carbocycles. The van der Waals surface area contributed by atoms with Crippen molar-refractivity contribution in [1.29, 1.82) is 0 Å². The minimum absolute atomic E-state index is 0.0202. The summed E-state index contributed by atoms with van der Waals surface area (Å²) in [7, 11) is 4.98. The summed E-state index contributed by atoms with van der Waals surface area (Å²) in [6, 6.07) is 16.6. The van der Waals surface area contributed by atoms with Crippen molar-refractivity contribution in [3.63, 3.8) is 0 Å². The highest BCUT2D eigenvalue weighted by Gasteiger charge is 2.34. The zero-order valence-electron chi connectivity index (χ0n) is 41.1. The number of carbonyl (C=O) groups is 5. The molecule has 4 heterocycles. The van der Waals surface area contributed by atoms with E-state index in [4.69, 9.17) is 10.5 Å². The largest absolute Gasteiger partial charge is 0.416 e. The van der Waals surface area contributed by atoms with Crippen molar-refractivity contribution < 1.29 is 46.3 Å². The molecule has 2 fully saturated rings. The van der Waals surface area contributed by atoms with Crippen LogP contribution >= 0.6 is 0 Å². The fourth-order valence-corrected chi connectivity index (χ4v) is 9.62.